The Morgan fingerprint density at radius 1 is 1.06 bits per heavy atom. The summed E-state index contributed by atoms with van der Waals surface area (Å²) in [4.78, 5) is 6.70. The molecule has 3 rings (SSSR count). The third-order valence-corrected chi connectivity index (χ3v) is 5.10. The van der Waals surface area contributed by atoms with Crippen LogP contribution in [0.25, 0.3) is 0 Å². The average molecular weight is 306 g/mol. The summed E-state index contributed by atoms with van der Waals surface area (Å²) in [6.07, 6.45) is 6.47. The maximum Gasteiger partial charge on any atom is 0.150 e. The molecule has 1 saturated carbocycles. The van der Waals surface area contributed by atoms with Crippen LogP contribution in [0.3, 0.4) is 0 Å². The molecule has 18 heavy (non-hydrogen) atoms. The maximum atomic E-state index is 6.27. The molecule has 1 aromatic rings. The molecule has 1 aliphatic heterocycles. The van der Waals surface area contributed by atoms with Gasteiger partial charge < -0.3 is 4.90 Å². The smallest absolute Gasteiger partial charge is 0.150 e. The minimum atomic E-state index is 0.343. The maximum absolute atomic E-state index is 6.27. The zero-order valence-corrected chi connectivity index (χ0v) is 12.3. The molecule has 0 radical (unpaired) electrons. The molecular formula is C13H15Cl3N2. The highest BCUT2D eigenvalue weighted by atomic mass is 35.5. The van der Waals surface area contributed by atoms with Gasteiger partial charge in [0.15, 0.2) is 0 Å². The molecule has 1 aromatic heterocycles. The number of pyridine rings is 1. The summed E-state index contributed by atoms with van der Waals surface area (Å²) in [7, 11) is 0. The first-order valence-corrected chi connectivity index (χ1v) is 7.58. The van der Waals surface area contributed by atoms with Crippen LogP contribution in [-0.2, 0) is 0 Å². The number of fused-ring (bicyclic) bond motifs is 1. The first-order valence-electron chi connectivity index (χ1n) is 6.45. The fourth-order valence-electron chi connectivity index (χ4n) is 3.31. The minimum Gasteiger partial charge on any atom is -0.352 e. The lowest BCUT2D eigenvalue weighted by atomic mass is 9.85. The van der Waals surface area contributed by atoms with Gasteiger partial charge in [-0.05, 0) is 31.2 Å². The number of hydrogen-bond donors (Lipinski definition) is 0. The molecule has 98 valence electrons. The van der Waals surface area contributed by atoms with E-state index in [1.54, 1.807) is 6.07 Å². The van der Waals surface area contributed by atoms with Crippen LogP contribution in [0.1, 0.15) is 32.1 Å². The van der Waals surface area contributed by atoms with Gasteiger partial charge in [0.05, 0.1) is 10.0 Å². The highest BCUT2D eigenvalue weighted by Gasteiger charge is 2.37. The third kappa shape index (κ3) is 2.19. The van der Waals surface area contributed by atoms with Crippen molar-refractivity contribution in [3.63, 3.8) is 0 Å². The Labute approximate surface area is 122 Å². The molecule has 1 saturated heterocycles. The Bertz CT molecular complexity index is 464. The molecule has 2 nitrogen and oxygen atoms in total. The van der Waals surface area contributed by atoms with Crippen molar-refractivity contribution in [1.29, 1.82) is 0 Å². The zero-order valence-electron chi connectivity index (χ0n) is 10.0. The molecular weight excluding hydrogens is 291 g/mol. The second kappa shape index (κ2) is 5.07. The largest absolute Gasteiger partial charge is 0.352 e. The van der Waals surface area contributed by atoms with Crippen molar-refractivity contribution in [2.75, 3.05) is 11.4 Å². The van der Waals surface area contributed by atoms with Crippen LogP contribution in [0, 0.1) is 5.92 Å². The summed E-state index contributed by atoms with van der Waals surface area (Å²) < 4.78 is 0. The number of rotatable bonds is 1. The number of halogens is 3. The van der Waals surface area contributed by atoms with Gasteiger partial charge in [0.25, 0.3) is 0 Å². The third-order valence-electron chi connectivity index (χ3n) is 4.15. The van der Waals surface area contributed by atoms with E-state index in [2.05, 4.69) is 9.88 Å². The van der Waals surface area contributed by atoms with E-state index in [0.717, 1.165) is 18.3 Å². The van der Waals surface area contributed by atoms with Crippen LogP contribution in [0.5, 0.6) is 0 Å². The molecule has 1 aliphatic carbocycles. The van der Waals surface area contributed by atoms with Crippen LogP contribution in [0.2, 0.25) is 15.2 Å². The Kier molecular flexibility index (Phi) is 3.61. The van der Waals surface area contributed by atoms with Gasteiger partial charge in [0, 0.05) is 12.6 Å². The number of hydrogen-bond acceptors (Lipinski definition) is 2. The van der Waals surface area contributed by atoms with Crippen molar-refractivity contribution in [3.8, 4) is 0 Å². The molecule has 2 aliphatic rings. The van der Waals surface area contributed by atoms with Crippen molar-refractivity contribution in [2.45, 2.75) is 38.1 Å². The summed E-state index contributed by atoms with van der Waals surface area (Å²) in [5, 5.41) is 1.37. The quantitative estimate of drug-likeness (QED) is 0.692. The van der Waals surface area contributed by atoms with Gasteiger partial charge >= 0.3 is 0 Å². The van der Waals surface area contributed by atoms with Crippen molar-refractivity contribution < 1.29 is 0 Å². The monoisotopic (exact) mass is 304 g/mol. The lowest BCUT2D eigenvalue weighted by Crippen LogP contribution is -2.35. The van der Waals surface area contributed by atoms with Gasteiger partial charge in [-0.3, -0.25) is 0 Å². The van der Waals surface area contributed by atoms with E-state index in [-0.39, 0.29) is 0 Å². The van der Waals surface area contributed by atoms with Crippen molar-refractivity contribution >= 4 is 40.6 Å². The fraction of sp³-hybridized carbons (Fsp3) is 0.615. The molecule has 2 atom stereocenters. The highest BCUT2D eigenvalue weighted by Crippen LogP contribution is 2.41. The van der Waals surface area contributed by atoms with Crippen molar-refractivity contribution in [3.05, 3.63) is 21.3 Å². The molecule has 2 fully saturated rings. The first kappa shape index (κ1) is 12.8. The summed E-state index contributed by atoms with van der Waals surface area (Å²) >= 11 is 18.2. The van der Waals surface area contributed by atoms with E-state index in [1.807, 2.05) is 0 Å². The average Bonchev–Trinajstić information content (AvgIpc) is 2.78. The lowest BCUT2D eigenvalue weighted by molar-refractivity contribution is 0.341. The molecule has 0 aromatic carbocycles. The predicted octanol–water partition coefficient (Wildman–Crippen LogP) is 4.81. The Hall–Kier alpha value is -0.180. The Balaban J connectivity index is 1.93. The standard InChI is InChI=1S/C13H15Cl3N2/c14-9-7-10(15)13(17-12(9)16)18-6-5-8-3-1-2-4-11(8)18/h7-8,11H,1-6H2. The van der Waals surface area contributed by atoms with Crippen LogP contribution in [-0.4, -0.2) is 17.6 Å². The Morgan fingerprint density at radius 2 is 1.83 bits per heavy atom. The second-order valence-corrected chi connectivity index (χ2v) is 6.33. The predicted molar refractivity (Wildman–Crippen MR) is 77.0 cm³/mol. The number of anilines is 1. The minimum absolute atomic E-state index is 0.343. The molecule has 5 heteroatoms. The topological polar surface area (TPSA) is 16.1 Å². The summed E-state index contributed by atoms with van der Waals surface area (Å²) in [5.41, 5.74) is 0. The van der Waals surface area contributed by atoms with E-state index in [0.29, 0.717) is 21.2 Å². The highest BCUT2D eigenvalue weighted by molar-refractivity contribution is 6.42. The van der Waals surface area contributed by atoms with E-state index in [1.165, 1.54) is 32.1 Å². The van der Waals surface area contributed by atoms with Gasteiger partial charge in [-0.2, -0.15) is 0 Å². The van der Waals surface area contributed by atoms with E-state index < -0.39 is 0 Å². The van der Waals surface area contributed by atoms with Crippen LogP contribution < -0.4 is 4.90 Å². The first-order chi connectivity index (χ1) is 8.66. The molecule has 0 spiro atoms. The van der Waals surface area contributed by atoms with Gasteiger partial charge in [0.2, 0.25) is 0 Å². The lowest BCUT2D eigenvalue weighted by Gasteiger charge is -2.32. The van der Waals surface area contributed by atoms with Crippen molar-refractivity contribution in [1.82, 2.24) is 4.98 Å². The van der Waals surface area contributed by atoms with Crippen LogP contribution in [0.15, 0.2) is 6.07 Å². The SMILES string of the molecule is Clc1cc(Cl)c(N2CCC3CCCCC32)nc1Cl. The summed E-state index contributed by atoms with van der Waals surface area (Å²) in [5.74, 6) is 1.60. The molecule has 0 bridgehead atoms. The number of nitrogens with zero attached hydrogens (tertiary/aromatic N) is 2. The molecule has 2 unspecified atom stereocenters. The van der Waals surface area contributed by atoms with E-state index >= 15 is 0 Å². The van der Waals surface area contributed by atoms with Crippen LogP contribution in [0.4, 0.5) is 5.82 Å². The van der Waals surface area contributed by atoms with Crippen molar-refractivity contribution in [2.24, 2.45) is 5.92 Å². The normalized spacial score (nSPS) is 27.4. The zero-order chi connectivity index (χ0) is 12.7. The van der Waals surface area contributed by atoms with Gasteiger partial charge in [-0.15, -0.1) is 0 Å². The summed E-state index contributed by atoms with van der Waals surface area (Å²) in [6, 6.07) is 2.28. The fourth-order valence-corrected chi connectivity index (χ4v) is 3.91. The van der Waals surface area contributed by atoms with E-state index in [9.17, 15) is 0 Å². The number of aromatic nitrogens is 1. The van der Waals surface area contributed by atoms with E-state index in [4.69, 9.17) is 34.8 Å². The van der Waals surface area contributed by atoms with Gasteiger partial charge in [-0.1, -0.05) is 47.6 Å². The Morgan fingerprint density at radius 3 is 2.67 bits per heavy atom. The van der Waals surface area contributed by atoms with Gasteiger partial charge in [0.1, 0.15) is 11.0 Å². The summed E-state index contributed by atoms with van der Waals surface area (Å²) in [6.45, 7) is 1.03. The second-order valence-electron chi connectivity index (χ2n) is 5.16. The molecule has 0 N–H and O–H groups in total. The molecule has 0 amide bonds. The van der Waals surface area contributed by atoms with Gasteiger partial charge in [-0.25, -0.2) is 4.98 Å². The molecule has 2 heterocycles. The van der Waals surface area contributed by atoms with Crippen LogP contribution >= 0.6 is 34.8 Å².